The first-order chi connectivity index (χ1) is 8.70. The average Bonchev–Trinajstić information content (AvgIpc) is 2.87. The van der Waals surface area contributed by atoms with Crippen molar-refractivity contribution in [3.63, 3.8) is 0 Å². The first kappa shape index (κ1) is 12.8. The van der Waals surface area contributed by atoms with Crippen LogP contribution >= 0.6 is 0 Å². The molecule has 0 amide bonds. The summed E-state index contributed by atoms with van der Waals surface area (Å²) in [7, 11) is 0. The van der Waals surface area contributed by atoms with Gasteiger partial charge in [0.05, 0.1) is 12.5 Å². The second-order valence-corrected chi connectivity index (χ2v) is 4.11. The van der Waals surface area contributed by atoms with E-state index in [1.165, 1.54) is 6.07 Å². The number of likely N-dealkylation sites (N-methyl/N-ethyl adjacent to an activating group) is 1. The van der Waals surface area contributed by atoms with Gasteiger partial charge in [-0.15, -0.1) is 0 Å². The van der Waals surface area contributed by atoms with E-state index in [1.807, 2.05) is 13.0 Å². The van der Waals surface area contributed by atoms with Crippen molar-refractivity contribution in [1.82, 2.24) is 5.32 Å². The molecule has 1 aromatic carbocycles. The second-order valence-electron chi connectivity index (χ2n) is 4.11. The van der Waals surface area contributed by atoms with Crippen LogP contribution in [0.4, 0.5) is 8.78 Å². The molecule has 1 unspecified atom stereocenters. The van der Waals surface area contributed by atoms with E-state index in [0.29, 0.717) is 12.0 Å². The molecule has 4 heteroatoms. The molecule has 0 aliphatic rings. The van der Waals surface area contributed by atoms with Crippen LogP contribution in [0.2, 0.25) is 0 Å². The fourth-order valence-electron chi connectivity index (χ4n) is 1.95. The molecule has 1 heterocycles. The predicted molar refractivity (Wildman–Crippen MR) is 65.2 cm³/mol. The summed E-state index contributed by atoms with van der Waals surface area (Å²) in [5.41, 5.74) is 1.29. The van der Waals surface area contributed by atoms with Gasteiger partial charge in [0.15, 0.2) is 0 Å². The maximum atomic E-state index is 13.6. The molecule has 18 heavy (non-hydrogen) atoms. The largest absolute Gasteiger partial charge is 0.472 e. The molecule has 0 spiro atoms. The summed E-state index contributed by atoms with van der Waals surface area (Å²) < 4.78 is 31.7. The van der Waals surface area contributed by atoms with Crippen molar-refractivity contribution in [1.29, 1.82) is 0 Å². The number of nitrogens with one attached hydrogen (secondary N) is 1. The Morgan fingerprint density at radius 2 is 2.11 bits per heavy atom. The standard InChI is InChI=1S/C14H15F2NO/c1-2-17-14(10-5-6-18-9-10)8-11-7-12(15)3-4-13(11)16/h3-7,9,14,17H,2,8H2,1H3. The molecule has 1 atom stereocenters. The molecule has 0 fully saturated rings. The van der Waals surface area contributed by atoms with E-state index in [-0.39, 0.29) is 11.9 Å². The van der Waals surface area contributed by atoms with E-state index in [0.717, 1.165) is 24.2 Å². The van der Waals surface area contributed by atoms with Gasteiger partial charge in [0.2, 0.25) is 0 Å². The Bertz CT molecular complexity index is 497. The predicted octanol–water partition coefficient (Wildman–Crippen LogP) is 3.45. The first-order valence-electron chi connectivity index (χ1n) is 5.90. The van der Waals surface area contributed by atoms with Gasteiger partial charge in [-0.2, -0.15) is 0 Å². The maximum absolute atomic E-state index is 13.6. The number of rotatable bonds is 5. The zero-order valence-corrected chi connectivity index (χ0v) is 10.1. The monoisotopic (exact) mass is 251 g/mol. The van der Waals surface area contributed by atoms with E-state index in [1.54, 1.807) is 12.5 Å². The Morgan fingerprint density at radius 3 is 2.78 bits per heavy atom. The number of hydrogen-bond donors (Lipinski definition) is 1. The van der Waals surface area contributed by atoms with Crippen LogP contribution in [0.25, 0.3) is 0 Å². The molecule has 0 saturated carbocycles. The summed E-state index contributed by atoms with van der Waals surface area (Å²) in [6.45, 7) is 2.71. The van der Waals surface area contributed by atoms with Crippen LogP contribution in [-0.2, 0) is 6.42 Å². The van der Waals surface area contributed by atoms with E-state index in [2.05, 4.69) is 5.32 Å². The highest BCUT2D eigenvalue weighted by Gasteiger charge is 2.15. The Labute approximate surface area is 105 Å². The fraction of sp³-hybridized carbons (Fsp3) is 0.286. The summed E-state index contributed by atoms with van der Waals surface area (Å²) in [5, 5.41) is 3.23. The molecule has 2 aromatic rings. The van der Waals surface area contributed by atoms with Gasteiger partial charge in [-0.3, -0.25) is 0 Å². The van der Waals surface area contributed by atoms with E-state index < -0.39 is 5.82 Å². The van der Waals surface area contributed by atoms with Gasteiger partial charge < -0.3 is 9.73 Å². The minimum absolute atomic E-state index is 0.0787. The van der Waals surface area contributed by atoms with Gasteiger partial charge in [-0.25, -0.2) is 8.78 Å². The lowest BCUT2D eigenvalue weighted by molar-refractivity contribution is 0.509. The molecule has 0 aliphatic carbocycles. The zero-order valence-electron chi connectivity index (χ0n) is 10.1. The quantitative estimate of drug-likeness (QED) is 0.880. The van der Waals surface area contributed by atoms with Gasteiger partial charge in [0.25, 0.3) is 0 Å². The summed E-state index contributed by atoms with van der Waals surface area (Å²) >= 11 is 0. The van der Waals surface area contributed by atoms with Crippen LogP contribution in [0, 0.1) is 11.6 Å². The van der Waals surface area contributed by atoms with Gasteiger partial charge in [0, 0.05) is 11.6 Å². The van der Waals surface area contributed by atoms with E-state index >= 15 is 0 Å². The van der Waals surface area contributed by atoms with Crippen molar-refractivity contribution in [2.75, 3.05) is 6.54 Å². The van der Waals surface area contributed by atoms with E-state index in [9.17, 15) is 8.78 Å². The molecule has 0 saturated heterocycles. The minimum Gasteiger partial charge on any atom is -0.472 e. The van der Waals surface area contributed by atoms with Crippen molar-refractivity contribution in [2.45, 2.75) is 19.4 Å². The summed E-state index contributed by atoms with van der Waals surface area (Å²) in [4.78, 5) is 0. The molecule has 2 rings (SSSR count). The highest BCUT2D eigenvalue weighted by molar-refractivity contribution is 5.23. The smallest absolute Gasteiger partial charge is 0.126 e. The van der Waals surface area contributed by atoms with Crippen molar-refractivity contribution in [3.8, 4) is 0 Å². The van der Waals surface area contributed by atoms with Crippen molar-refractivity contribution in [2.24, 2.45) is 0 Å². The van der Waals surface area contributed by atoms with Gasteiger partial charge >= 0.3 is 0 Å². The topological polar surface area (TPSA) is 25.2 Å². The number of hydrogen-bond acceptors (Lipinski definition) is 2. The normalized spacial score (nSPS) is 12.6. The second kappa shape index (κ2) is 5.78. The minimum atomic E-state index is -0.422. The van der Waals surface area contributed by atoms with Crippen LogP contribution in [-0.4, -0.2) is 6.54 Å². The van der Waals surface area contributed by atoms with Gasteiger partial charge in [0.1, 0.15) is 11.6 Å². The number of benzene rings is 1. The lowest BCUT2D eigenvalue weighted by Crippen LogP contribution is -2.23. The molecule has 0 aliphatic heterocycles. The number of halogens is 2. The summed E-state index contributed by atoms with van der Waals surface area (Å²) in [5.74, 6) is -0.809. The summed E-state index contributed by atoms with van der Waals surface area (Å²) in [6.07, 6.45) is 3.57. The van der Waals surface area contributed by atoms with E-state index in [4.69, 9.17) is 4.42 Å². The number of furan rings is 1. The Balaban J connectivity index is 2.21. The fourth-order valence-corrected chi connectivity index (χ4v) is 1.95. The Hall–Kier alpha value is -1.68. The average molecular weight is 251 g/mol. The van der Waals surface area contributed by atoms with Crippen LogP contribution < -0.4 is 5.32 Å². The molecule has 1 aromatic heterocycles. The van der Waals surface area contributed by atoms with Crippen LogP contribution in [0.5, 0.6) is 0 Å². The Kier molecular flexibility index (Phi) is 4.10. The first-order valence-corrected chi connectivity index (χ1v) is 5.90. The third kappa shape index (κ3) is 2.96. The van der Waals surface area contributed by atoms with Crippen molar-refractivity contribution in [3.05, 3.63) is 59.6 Å². The van der Waals surface area contributed by atoms with Crippen molar-refractivity contribution >= 4 is 0 Å². The van der Waals surface area contributed by atoms with Crippen LogP contribution in [0.1, 0.15) is 24.1 Å². The molecule has 0 radical (unpaired) electrons. The third-order valence-electron chi connectivity index (χ3n) is 2.83. The maximum Gasteiger partial charge on any atom is 0.126 e. The zero-order chi connectivity index (χ0) is 13.0. The lowest BCUT2D eigenvalue weighted by atomic mass is 10.0. The molecular formula is C14H15F2NO. The third-order valence-corrected chi connectivity index (χ3v) is 2.83. The SMILES string of the molecule is CCNC(Cc1cc(F)ccc1F)c1ccoc1. The molecular weight excluding hydrogens is 236 g/mol. The molecule has 2 nitrogen and oxygen atoms in total. The van der Waals surface area contributed by atoms with Crippen LogP contribution in [0.3, 0.4) is 0 Å². The van der Waals surface area contributed by atoms with Crippen molar-refractivity contribution < 1.29 is 13.2 Å². The Morgan fingerprint density at radius 1 is 1.28 bits per heavy atom. The lowest BCUT2D eigenvalue weighted by Gasteiger charge is -2.16. The highest BCUT2D eigenvalue weighted by Crippen LogP contribution is 2.21. The highest BCUT2D eigenvalue weighted by atomic mass is 19.1. The van der Waals surface area contributed by atoms with Gasteiger partial charge in [-0.1, -0.05) is 6.92 Å². The molecule has 96 valence electrons. The molecule has 1 N–H and O–H groups in total. The van der Waals surface area contributed by atoms with Gasteiger partial charge in [-0.05, 0) is 42.8 Å². The molecule has 0 bridgehead atoms. The van der Waals surface area contributed by atoms with Crippen LogP contribution in [0.15, 0.2) is 41.2 Å². The summed E-state index contributed by atoms with van der Waals surface area (Å²) in [6, 6.07) is 5.26.